The summed E-state index contributed by atoms with van der Waals surface area (Å²) in [6, 6.07) is 9.01. The van der Waals surface area contributed by atoms with Gasteiger partial charge in [0.15, 0.2) is 0 Å². The van der Waals surface area contributed by atoms with E-state index in [1.165, 1.54) is 24.9 Å². The van der Waals surface area contributed by atoms with Crippen LogP contribution < -0.4 is 5.32 Å². The van der Waals surface area contributed by atoms with E-state index >= 15 is 0 Å². The summed E-state index contributed by atoms with van der Waals surface area (Å²) in [6.07, 6.45) is 2.65. The minimum absolute atomic E-state index is 0.713. The van der Waals surface area contributed by atoms with Gasteiger partial charge in [0.1, 0.15) is 0 Å². The van der Waals surface area contributed by atoms with E-state index in [1.54, 1.807) is 5.56 Å². The standard InChI is InChI=1S/C16H26N2/c1-3-18(4-2)13-15-8-5-6-10-16(15)14-9-7-11-17-12-14/h5-6,8,10,14,17H,3-4,7,9,11-13H2,1-2H3. The summed E-state index contributed by atoms with van der Waals surface area (Å²) in [5.41, 5.74) is 3.09. The van der Waals surface area contributed by atoms with E-state index in [1.807, 2.05) is 0 Å². The van der Waals surface area contributed by atoms with Crippen molar-refractivity contribution in [3.63, 3.8) is 0 Å². The molecule has 0 amide bonds. The van der Waals surface area contributed by atoms with E-state index in [9.17, 15) is 0 Å². The first-order valence-electron chi connectivity index (χ1n) is 7.36. The van der Waals surface area contributed by atoms with Crippen LogP contribution in [0.5, 0.6) is 0 Å². The summed E-state index contributed by atoms with van der Waals surface area (Å²) < 4.78 is 0. The van der Waals surface area contributed by atoms with Crippen LogP contribution in [0, 0.1) is 0 Å². The molecular formula is C16H26N2. The molecule has 2 nitrogen and oxygen atoms in total. The zero-order valence-corrected chi connectivity index (χ0v) is 11.8. The van der Waals surface area contributed by atoms with Crippen LogP contribution in [0.1, 0.15) is 43.7 Å². The second kappa shape index (κ2) is 6.91. The van der Waals surface area contributed by atoms with Crippen LogP contribution in [-0.4, -0.2) is 31.1 Å². The lowest BCUT2D eigenvalue weighted by Crippen LogP contribution is -2.30. The maximum Gasteiger partial charge on any atom is 0.0236 e. The first-order chi connectivity index (χ1) is 8.85. The molecule has 1 N–H and O–H groups in total. The number of nitrogens with one attached hydrogen (secondary N) is 1. The molecule has 100 valence electrons. The highest BCUT2D eigenvalue weighted by molar-refractivity contribution is 5.31. The molecule has 0 aliphatic carbocycles. The zero-order valence-electron chi connectivity index (χ0n) is 11.8. The number of rotatable bonds is 5. The van der Waals surface area contributed by atoms with Crippen LogP contribution in [0.15, 0.2) is 24.3 Å². The molecular weight excluding hydrogens is 220 g/mol. The van der Waals surface area contributed by atoms with Crippen molar-refractivity contribution in [2.45, 2.75) is 39.2 Å². The van der Waals surface area contributed by atoms with Gasteiger partial charge in [-0.3, -0.25) is 4.90 Å². The van der Waals surface area contributed by atoms with Gasteiger partial charge in [-0.2, -0.15) is 0 Å². The first kappa shape index (κ1) is 13.6. The summed E-state index contributed by atoms with van der Waals surface area (Å²) in [6.45, 7) is 10.2. The molecule has 1 aliphatic rings. The minimum atomic E-state index is 0.713. The van der Waals surface area contributed by atoms with Gasteiger partial charge in [-0.15, -0.1) is 0 Å². The third-order valence-electron chi connectivity index (χ3n) is 4.08. The second-order valence-corrected chi connectivity index (χ2v) is 5.20. The molecule has 18 heavy (non-hydrogen) atoms. The van der Waals surface area contributed by atoms with Crippen LogP contribution in [-0.2, 0) is 6.54 Å². The monoisotopic (exact) mass is 246 g/mol. The lowest BCUT2D eigenvalue weighted by atomic mass is 9.88. The highest BCUT2D eigenvalue weighted by Gasteiger charge is 2.18. The lowest BCUT2D eigenvalue weighted by Gasteiger charge is -2.27. The van der Waals surface area contributed by atoms with Gasteiger partial charge in [-0.05, 0) is 49.5 Å². The molecule has 0 spiro atoms. The van der Waals surface area contributed by atoms with Gasteiger partial charge in [-0.25, -0.2) is 0 Å². The molecule has 1 unspecified atom stereocenters. The van der Waals surface area contributed by atoms with Crippen molar-refractivity contribution in [2.75, 3.05) is 26.2 Å². The third-order valence-corrected chi connectivity index (χ3v) is 4.08. The number of hydrogen-bond acceptors (Lipinski definition) is 2. The number of nitrogens with zero attached hydrogens (tertiary/aromatic N) is 1. The maximum absolute atomic E-state index is 3.53. The fourth-order valence-corrected chi connectivity index (χ4v) is 2.88. The van der Waals surface area contributed by atoms with Crippen LogP contribution >= 0.6 is 0 Å². The highest BCUT2D eigenvalue weighted by atomic mass is 15.1. The molecule has 1 aromatic carbocycles. The van der Waals surface area contributed by atoms with Crippen molar-refractivity contribution in [1.29, 1.82) is 0 Å². The van der Waals surface area contributed by atoms with Gasteiger partial charge < -0.3 is 5.32 Å². The van der Waals surface area contributed by atoms with Crippen molar-refractivity contribution >= 4 is 0 Å². The topological polar surface area (TPSA) is 15.3 Å². The van der Waals surface area contributed by atoms with E-state index < -0.39 is 0 Å². The van der Waals surface area contributed by atoms with Gasteiger partial charge in [0.2, 0.25) is 0 Å². The van der Waals surface area contributed by atoms with Crippen LogP contribution in [0.4, 0.5) is 0 Å². The van der Waals surface area contributed by atoms with E-state index in [2.05, 4.69) is 48.3 Å². The molecule has 0 radical (unpaired) electrons. The fourth-order valence-electron chi connectivity index (χ4n) is 2.88. The summed E-state index contributed by atoms with van der Waals surface area (Å²) in [5.74, 6) is 0.713. The van der Waals surface area contributed by atoms with E-state index in [-0.39, 0.29) is 0 Å². The average molecular weight is 246 g/mol. The van der Waals surface area contributed by atoms with E-state index in [0.29, 0.717) is 5.92 Å². The minimum Gasteiger partial charge on any atom is -0.316 e. The van der Waals surface area contributed by atoms with Crippen molar-refractivity contribution < 1.29 is 0 Å². The quantitative estimate of drug-likeness (QED) is 0.859. The average Bonchev–Trinajstić information content (AvgIpc) is 2.46. The lowest BCUT2D eigenvalue weighted by molar-refractivity contribution is 0.293. The van der Waals surface area contributed by atoms with E-state index in [0.717, 1.165) is 26.2 Å². The Bertz CT molecular complexity index is 352. The van der Waals surface area contributed by atoms with Gasteiger partial charge in [0, 0.05) is 13.1 Å². The highest BCUT2D eigenvalue weighted by Crippen LogP contribution is 2.26. The summed E-state index contributed by atoms with van der Waals surface area (Å²) in [5, 5.41) is 3.53. The summed E-state index contributed by atoms with van der Waals surface area (Å²) in [4.78, 5) is 2.50. The molecule has 0 aromatic heterocycles. The van der Waals surface area contributed by atoms with Gasteiger partial charge >= 0.3 is 0 Å². The van der Waals surface area contributed by atoms with Gasteiger partial charge in [-0.1, -0.05) is 38.1 Å². The second-order valence-electron chi connectivity index (χ2n) is 5.20. The van der Waals surface area contributed by atoms with E-state index in [4.69, 9.17) is 0 Å². The Labute approximate surface area is 111 Å². The Hall–Kier alpha value is -0.860. The first-order valence-corrected chi connectivity index (χ1v) is 7.36. The SMILES string of the molecule is CCN(CC)Cc1ccccc1C1CCCNC1. The normalized spacial score (nSPS) is 20.3. The summed E-state index contributed by atoms with van der Waals surface area (Å²) >= 11 is 0. The summed E-state index contributed by atoms with van der Waals surface area (Å²) in [7, 11) is 0. The Kier molecular flexibility index (Phi) is 5.21. The van der Waals surface area contributed by atoms with Crippen LogP contribution in [0.25, 0.3) is 0 Å². The van der Waals surface area contributed by atoms with Crippen molar-refractivity contribution in [3.05, 3.63) is 35.4 Å². The van der Waals surface area contributed by atoms with Gasteiger partial charge in [0.05, 0.1) is 0 Å². The fraction of sp³-hybridized carbons (Fsp3) is 0.625. The molecule has 1 heterocycles. The van der Waals surface area contributed by atoms with Gasteiger partial charge in [0.25, 0.3) is 0 Å². The van der Waals surface area contributed by atoms with Crippen LogP contribution in [0.3, 0.4) is 0 Å². The maximum atomic E-state index is 3.53. The molecule has 2 heteroatoms. The number of piperidine rings is 1. The molecule has 1 aliphatic heterocycles. The predicted octanol–water partition coefficient (Wildman–Crippen LogP) is 3.00. The molecule has 0 saturated carbocycles. The van der Waals surface area contributed by atoms with Crippen molar-refractivity contribution in [3.8, 4) is 0 Å². The van der Waals surface area contributed by atoms with Crippen molar-refractivity contribution in [2.24, 2.45) is 0 Å². The number of benzene rings is 1. The molecule has 1 saturated heterocycles. The van der Waals surface area contributed by atoms with Crippen molar-refractivity contribution in [1.82, 2.24) is 10.2 Å². The van der Waals surface area contributed by atoms with Crippen LogP contribution in [0.2, 0.25) is 0 Å². The zero-order chi connectivity index (χ0) is 12.8. The Balaban J connectivity index is 2.13. The molecule has 0 bridgehead atoms. The Morgan fingerprint density at radius 1 is 1.22 bits per heavy atom. The molecule has 1 aromatic rings. The Morgan fingerprint density at radius 3 is 2.67 bits per heavy atom. The molecule has 1 atom stereocenters. The smallest absolute Gasteiger partial charge is 0.0236 e. The molecule has 1 fully saturated rings. The number of hydrogen-bond donors (Lipinski definition) is 1. The third kappa shape index (κ3) is 3.33. The largest absolute Gasteiger partial charge is 0.316 e. The Morgan fingerprint density at radius 2 is 2.00 bits per heavy atom. The molecule has 2 rings (SSSR count). The predicted molar refractivity (Wildman–Crippen MR) is 77.9 cm³/mol.